The Morgan fingerprint density at radius 1 is 1.30 bits per heavy atom. The zero-order chi connectivity index (χ0) is 19.0. The second-order valence-electron chi connectivity index (χ2n) is 6.51. The van der Waals surface area contributed by atoms with Gasteiger partial charge in [0.15, 0.2) is 0 Å². The van der Waals surface area contributed by atoms with Crippen molar-refractivity contribution in [2.45, 2.75) is 12.5 Å². The molecular formula is C21H18ClN3O2. The lowest BCUT2D eigenvalue weighted by Gasteiger charge is -2.33. The summed E-state index contributed by atoms with van der Waals surface area (Å²) in [5, 5.41) is 4.31. The van der Waals surface area contributed by atoms with Gasteiger partial charge in [0.25, 0.3) is 5.91 Å². The fraction of sp³-hybridized carbons (Fsp3) is 0.143. The van der Waals surface area contributed by atoms with E-state index in [0.717, 1.165) is 22.2 Å². The molecule has 1 aliphatic rings. The summed E-state index contributed by atoms with van der Waals surface area (Å²) in [5.74, 6) is -0.459. The zero-order valence-electron chi connectivity index (χ0n) is 14.5. The highest BCUT2D eigenvalue weighted by Crippen LogP contribution is 2.28. The third-order valence-electron chi connectivity index (χ3n) is 4.71. The highest BCUT2D eigenvalue weighted by molar-refractivity contribution is 6.31. The molecule has 6 heteroatoms. The van der Waals surface area contributed by atoms with Crippen LogP contribution < -0.4 is 10.2 Å². The molecule has 0 spiro atoms. The van der Waals surface area contributed by atoms with Crippen LogP contribution in [-0.2, 0) is 11.2 Å². The first-order valence-corrected chi connectivity index (χ1v) is 9.04. The molecule has 3 aromatic rings. The van der Waals surface area contributed by atoms with Crippen LogP contribution >= 0.6 is 11.6 Å². The van der Waals surface area contributed by atoms with E-state index >= 15 is 0 Å². The maximum absolute atomic E-state index is 12.9. The molecular weight excluding hydrogens is 362 g/mol. The number of H-pyrrole nitrogens is 1. The van der Waals surface area contributed by atoms with Crippen LogP contribution in [0.2, 0.25) is 5.02 Å². The van der Waals surface area contributed by atoms with Crippen LogP contribution in [-0.4, -0.2) is 29.4 Å². The van der Waals surface area contributed by atoms with E-state index in [0.29, 0.717) is 23.7 Å². The number of nitrogens with zero attached hydrogens (tertiary/aromatic N) is 1. The minimum absolute atomic E-state index is 0.138. The number of halogens is 1. The SMILES string of the molecule is C=CCN1C(=O)C(NC(=O)c2cc3cc(Cl)ccc3[nH]2)Cc2ccccc21. The molecule has 1 aliphatic heterocycles. The van der Waals surface area contributed by atoms with Gasteiger partial charge in [-0.05, 0) is 35.9 Å². The van der Waals surface area contributed by atoms with E-state index < -0.39 is 6.04 Å². The quantitative estimate of drug-likeness (QED) is 0.679. The van der Waals surface area contributed by atoms with Crippen molar-refractivity contribution in [2.24, 2.45) is 0 Å². The summed E-state index contributed by atoms with van der Waals surface area (Å²) in [6.45, 7) is 4.13. The van der Waals surface area contributed by atoms with Gasteiger partial charge in [0.2, 0.25) is 5.91 Å². The number of para-hydroxylation sites is 1. The van der Waals surface area contributed by atoms with E-state index in [9.17, 15) is 9.59 Å². The van der Waals surface area contributed by atoms with Gasteiger partial charge in [-0.2, -0.15) is 0 Å². The molecule has 0 saturated heterocycles. The second kappa shape index (κ2) is 6.93. The number of carbonyl (C=O) groups is 2. The number of benzene rings is 2. The largest absolute Gasteiger partial charge is 0.351 e. The molecule has 1 unspecified atom stereocenters. The molecule has 2 heterocycles. The van der Waals surface area contributed by atoms with Crippen LogP contribution in [0.3, 0.4) is 0 Å². The highest BCUT2D eigenvalue weighted by atomic mass is 35.5. The Hall–Kier alpha value is -3.05. The van der Waals surface area contributed by atoms with Crippen molar-refractivity contribution >= 4 is 40.0 Å². The maximum Gasteiger partial charge on any atom is 0.268 e. The monoisotopic (exact) mass is 379 g/mol. The van der Waals surface area contributed by atoms with Gasteiger partial charge in [-0.1, -0.05) is 35.9 Å². The van der Waals surface area contributed by atoms with Crippen molar-refractivity contribution in [3.63, 3.8) is 0 Å². The van der Waals surface area contributed by atoms with Gasteiger partial charge in [-0.3, -0.25) is 9.59 Å². The first kappa shape index (κ1) is 17.4. The second-order valence-corrected chi connectivity index (χ2v) is 6.95. The lowest BCUT2D eigenvalue weighted by Crippen LogP contribution is -2.53. The van der Waals surface area contributed by atoms with Gasteiger partial charge in [-0.15, -0.1) is 6.58 Å². The number of nitrogens with one attached hydrogen (secondary N) is 2. The standard InChI is InChI=1S/C21H18ClN3O2/c1-2-9-25-19-6-4-3-5-13(19)11-18(21(25)27)24-20(26)17-12-14-10-15(22)7-8-16(14)23-17/h2-8,10,12,18,23H,1,9,11H2,(H,24,26). The van der Waals surface area contributed by atoms with Crippen molar-refractivity contribution in [2.75, 3.05) is 11.4 Å². The number of hydrogen-bond acceptors (Lipinski definition) is 2. The Kier molecular flexibility index (Phi) is 4.46. The molecule has 1 aromatic heterocycles. The summed E-state index contributed by atoms with van der Waals surface area (Å²) < 4.78 is 0. The Labute approximate surface area is 161 Å². The Balaban J connectivity index is 1.60. The molecule has 2 amide bonds. The van der Waals surface area contributed by atoms with Gasteiger partial charge >= 0.3 is 0 Å². The molecule has 136 valence electrons. The van der Waals surface area contributed by atoms with Crippen molar-refractivity contribution in [1.29, 1.82) is 0 Å². The first-order valence-electron chi connectivity index (χ1n) is 8.66. The van der Waals surface area contributed by atoms with Crippen LogP contribution in [0.5, 0.6) is 0 Å². The van der Waals surface area contributed by atoms with Crippen molar-refractivity contribution in [3.05, 3.63) is 77.5 Å². The number of aromatic nitrogens is 1. The Morgan fingerprint density at radius 2 is 2.11 bits per heavy atom. The molecule has 2 N–H and O–H groups in total. The van der Waals surface area contributed by atoms with Gasteiger partial charge in [0.05, 0.1) is 0 Å². The summed E-state index contributed by atoms with van der Waals surface area (Å²) in [6, 6.07) is 14.2. The molecule has 2 aromatic carbocycles. The van der Waals surface area contributed by atoms with Crippen LogP contribution in [0.15, 0.2) is 61.2 Å². The topological polar surface area (TPSA) is 65.2 Å². The minimum atomic E-state index is -0.623. The summed E-state index contributed by atoms with van der Waals surface area (Å²) in [7, 11) is 0. The summed E-state index contributed by atoms with van der Waals surface area (Å²) in [4.78, 5) is 30.3. The molecule has 0 fully saturated rings. The van der Waals surface area contributed by atoms with Gasteiger partial charge in [0, 0.05) is 34.6 Å². The predicted octanol–water partition coefficient (Wildman–Crippen LogP) is 3.70. The molecule has 0 radical (unpaired) electrons. The molecule has 0 saturated carbocycles. The van der Waals surface area contributed by atoms with Crippen molar-refractivity contribution in [1.82, 2.24) is 10.3 Å². The van der Waals surface area contributed by atoms with Crippen molar-refractivity contribution < 1.29 is 9.59 Å². The third-order valence-corrected chi connectivity index (χ3v) is 4.95. The van der Waals surface area contributed by atoms with Gasteiger partial charge < -0.3 is 15.2 Å². The van der Waals surface area contributed by atoms with Crippen LogP contribution in [0.25, 0.3) is 10.9 Å². The molecule has 4 rings (SSSR count). The van der Waals surface area contributed by atoms with Crippen molar-refractivity contribution in [3.8, 4) is 0 Å². The number of carbonyl (C=O) groups excluding carboxylic acids is 2. The molecule has 5 nitrogen and oxygen atoms in total. The van der Waals surface area contributed by atoms with Crippen LogP contribution in [0.4, 0.5) is 5.69 Å². The van der Waals surface area contributed by atoms with E-state index in [1.54, 1.807) is 29.2 Å². The number of anilines is 1. The van der Waals surface area contributed by atoms with E-state index in [2.05, 4.69) is 16.9 Å². The predicted molar refractivity (Wildman–Crippen MR) is 107 cm³/mol. The Bertz CT molecular complexity index is 1060. The fourth-order valence-electron chi connectivity index (χ4n) is 3.45. The Morgan fingerprint density at radius 3 is 2.93 bits per heavy atom. The average Bonchev–Trinajstić information content (AvgIpc) is 3.08. The number of amides is 2. The lowest BCUT2D eigenvalue weighted by molar-refractivity contribution is -0.120. The van der Waals surface area contributed by atoms with Crippen LogP contribution in [0.1, 0.15) is 16.1 Å². The molecule has 1 atom stereocenters. The number of hydrogen-bond donors (Lipinski definition) is 2. The minimum Gasteiger partial charge on any atom is -0.351 e. The van der Waals surface area contributed by atoms with Gasteiger partial charge in [-0.25, -0.2) is 0 Å². The summed E-state index contributed by atoms with van der Waals surface area (Å²) in [5.41, 5.74) is 3.10. The lowest BCUT2D eigenvalue weighted by atomic mass is 9.97. The number of rotatable bonds is 4. The summed E-state index contributed by atoms with van der Waals surface area (Å²) in [6.07, 6.45) is 2.14. The summed E-state index contributed by atoms with van der Waals surface area (Å²) >= 11 is 6.00. The van der Waals surface area contributed by atoms with E-state index in [-0.39, 0.29) is 11.8 Å². The van der Waals surface area contributed by atoms with E-state index in [4.69, 9.17) is 11.6 Å². The molecule has 0 bridgehead atoms. The fourth-order valence-corrected chi connectivity index (χ4v) is 3.63. The average molecular weight is 380 g/mol. The van der Waals surface area contributed by atoms with Crippen LogP contribution in [0, 0.1) is 0 Å². The number of fused-ring (bicyclic) bond motifs is 2. The zero-order valence-corrected chi connectivity index (χ0v) is 15.3. The normalized spacial score (nSPS) is 16.3. The van der Waals surface area contributed by atoms with E-state index in [1.807, 2.05) is 30.3 Å². The smallest absolute Gasteiger partial charge is 0.268 e. The van der Waals surface area contributed by atoms with Gasteiger partial charge in [0.1, 0.15) is 11.7 Å². The third kappa shape index (κ3) is 3.22. The first-order chi connectivity index (χ1) is 13.1. The molecule has 27 heavy (non-hydrogen) atoms. The molecule has 0 aliphatic carbocycles. The maximum atomic E-state index is 12.9. The highest BCUT2D eigenvalue weighted by Gasteiger charge is 2.33. The number of aromatic amines is 1. The van der Waals surface area contributed by atoms with E-state index in [1.165, 1.54) is 0 Å².